The molecule has 0 spiro atoms. The zero-order valence-corrected chi connectivity index (χ0v) is 13.4. The summed E-state index contributed by atoms with van der Waals surface area (Å²) in [5.74, 6) is 0. The number of aliphatic hydroxyl groups excluding tert-OH is 1. The Labute approximate surface area is 138 Å². The summed E-state index contributed by atoms with van der Waals surface area (Å²) in [6.45, 7) is 2.05. The topological polar surface area (TPSA) is 74.2 Å². The molecule has 0 aliphatic heterocycles. The third-order valence-corrected chi connectivity index (χ3v) is 4.28. The van der Waals surface area contributed by atoms with Gasteiger partial charge in [-0.1, -0.05) is 36.4 Å². The number of carbonyl (C=O) groups excluding carboxylic acids is 1. The van der Waals surface area contributed by atoms with Gasteiger partial charge in [-0.05, 0) is 29.3 Å². The molecule has 0 bridgehead atoms. The van der Waals surface area contributed by atoms with E-state index in [4.69, 9.17) is 0 Å². The SMILES string of the molecule is Cc1cnc(NC(=O)NCC(O)c2ccc3ccccc3c2)s1. The Morgan fingerprint density at radius 2 is 2.04 bits per heavy atom. The van der Waals surface area contributed by atoms with Crippen molar-refractivity contribution in [3.63, 3.8) is 0 Å². The van der Waals surface area contributed by atoms with Gasteiger partial charge in [0.05, 0.1) is 6.10 Å². The van der Waals surface area contributed by atoms with Crippen LogP contribution in [0.15, 0.2) is 48.7 Å². The molecule has 0 fully saturated rings. The van der Waals surface area contributed by atoms with Crippen LogP contribution in [0.3, 0.4) is 0 Å². The lowest BCUT2D eigenvalue weighted by Crippen LogP contribution is -2.32. The molecule has 6 heteroatoms. The van der Waals surface area contributed by atoms with E-state index in [2.05, 4.69) is 15.6 Å². The molecule has 1 unspecified atom stereocenters. The van der Waals surface area contributed by atoms with Crippen LogP contribution in [0.2, 0.25) is 0 Å². The Bertz CT molecular complexity index is 831. The van der Waals surface area contributed by atoms with Gasteiger partial charge in [-0.25, -0.2) is 9.78 Å². The molecule has 3 rings (SSSR count). The molecule has 2 aromatic carbocycles. The highest BCUT2D eigenvalue weighted by atomic mass is 32.1. The van der Waals surface area contributed by atoms with Crippen molar-refractivity contribution in [1.82, 2.24) is 10.3 Å². The smallest absolute Gasteiger partial charge is 0.321 e. The number of hydrogen-bond donors (Lipinski definition) is 3. The van der Waals surface area contributed by atoms with E-state index in [0.29, 0.717) is 5.13 Å². The number of hydrogen-bond acceptors (Lipinski definition) is 4. The molecule has 0 aliphatic carbocycles. The first kappa shape index (κ1) is 15.5. The molecule has 0 radical (unpaired) electrons. The number of rotatable bonds is 4. The lowest BCUT2D eigenvalue weighted by molar-refractivity contribution is 0.175. The highest BCUT2D eigenvalue weighted by molar-refractivity contribution is 7.15. The number of aryl methyl sites for hydroxylation is 1. The van der Waals surface area contributed by atoms with Gasteiger partial charge in [-0.15, -0.1) is 11.3 Å². The Hall–Kier alpha value is -2.44. The molecule has 0 aliphatic rings. The Morgan fingerprint density at radius 3 is 2.78 bits per heavy atom. The van der Waals surface area contributed by atoms with Crippen LogP contribution < -0.4 is 10.6 Å². The summed E-state index contributed by atoms with van der Waals surface area (Å²) in [5.41, 5.74) is 0.772. The highest BCUT2D eigenvalue weighted by Gasteiger charge is 2.11. The average molecular weight is 327 g/mol. The number of urea groups is 1. The minimum atomic E-state index is -0.761. The van der Waals surface area contributed by atoms with E-state index < -0.39 is 6.10 Å². The van der Waals surface area contributed by atoms with Crippen molar-refractivity contribution in [1.29, 1.82) is 0 Å². The average Bonchev–Trinajstić information content (AvgIpc) is 2.97. The minimum Gasteiger partial charge on any atom is -0.387 e. The minimum absolute atomic E-state index is 0.133. The molecule has 0 saturated carbocycles. The summed E-state index contributed by atoms with van der Waals surface area (Å²) < 4.78 is 0. The van der Waals surface area contributed by atoms with Crippen LogP contribution in [0.5, 0.6) is 0 Å². The van der Waals surface area contributed by atoms with E-state index in [1.807, 2.05) is 49.4 Å². The number of fused-ring (bicyclic) bond motifs is 1. The highest BCUT2D eigenvalue weighted by Crippen LogP contribution is 2.20. The molecule has 1 atom stereocenters. The summed E-state index contributed by atoms with van der Waals surface area (Å²) in [6, 6.07) is 13.3. The number of nitrogens with zero attached hydrogens (tertiary/aromatic N) is 1. The second-order valence-electron chi connectivity index (χ2n) is 5.23. The Morgan fingerprint density at radius 1 is 1.26 bits per heavy atom. The number of carbonyl (C=O) groups is 1. The van der Waals surface area contributed by atoms with Crippen molar-refractivity contribution in [2.75, 3.05) is 11.9 Å². The van der Waals surface area contributed by atoms with Gasteiger partial charge in [-0.3, -0.25) is 5.32 Å². The van der Waals surface area contributed by atoms with E-state index in [1.165, 1.54) is 11.3 Å². The first-order valence-corrected chi connectivity index (χ1v) is 8.07. The summed E-state index contributed by atoms with van der Waals surface area (Å²) in [4.78, 5) is 16.9. The molecular weight excluding hydrogens is 310 g/mol. The number of aromatic nitrogens is 1. The van der Waals surface area contributed by atoms with Crippen molar-refractivity contribution in [2.45, 2.75) is 13.0 Å². The predicted octanol–water partition coefficient (Wildman–Crippen LogP) is 3.46. The van der Waals surface area contributed by atoms with Crippen molar-refractivity contribution < 1.29 is 9.90 Å². The fourth-order valence-corrected chi connectivity index (χ4v) is 2.94. The molecule has 3 aromatic rings. The zero-order chi connectivity index (χ0) is 16.2. The maximum atomic E-state index is 11.8. The van der Waals surface area contributed by atoms with Gasteiger partial charge in [0.2, 0.25) is 0 Å². The second-order valence-corrected chi connectivity index (χ2v) is 6.47. The summed E-state index contributed by atoms with van der Waals surface area (Å²) in [5, 5.41) is 18.3. The van der Waals surface area contributed by atoms with Gasteiger partial charge in [0.25, 0.3) is 0 Å². The molecule has 3 N–H and O–H groups in total. The molecular formula is C17H17N3O2S. The monoisotopic (exact) mass is 327 g/mol. The van der Waals surface area contributed by atoms with Gasteiger partial charge in [0.15, 0.2) is 5.13 Å². The first-order chi connectivity index (χ1) is 11.1. The maximum Gasteiger partial charge on any atom is 0.321 e. The van der Waals surface area contributed by atoms with Crippen LogP contribution in [0.1, 0.15) is 16.5 Å². The van der Waals surface area contributed by atoms with Crippen molar-refractivity contribution in [3.05, 3.63) is 59.1 Å². The summed E-state index contributed by atoms with van der Waals surface area (Å²) in [6.07, 6.45) is 0.938. The fraction of sp³-hybridized carbons (Fsp3) is 0.176. The first-order valence-electron chi connectivity index (χ1n) is 7.26. The Balaban J connectivity index is 1.59. The lowest BCUT2D eigenvalue weighted by Gasteiger charge is -2.13. The number of benzene rings is 2. The van der Waals surface area contributed by atoms with Crippen LogP contribution in [0.4, 0.5) is 9.93 Å². The van der Waals surface area contributed by atoms with E-state index in [-0.39, 0.29) is 12.6 Å². The van der Waals surface area contributed by atoms with Crippen LogP contribution in [-0.4, -0.2) is 22.7 Å². The van der Waals surface area contributed by atoms with Crippen molar-refractivity contribution >= 4 is 33.3 Å². The van der Waals surface area contributed by atoms with Crippen LogP contribution in [0.25, 0.3) is 10.8 Å². The quantitative estimate of drug-likeness (QED) is 0.687. The van der Waals surface area contributed by atoms with Gasteiger partial charge in [0, 0.05) is 17.6 Å². The number of aliphatic hydroxyl groups is 1. The van der Waals surface area contributed by atoms with E-state index in [0.717, 1.165) is 21.2 Å². The van der Waals surface area contributed by atoms with Gasteiger partial charge in [-0.2, -0.15) is 0 Å². The number of amides is 2. The number of thiazole rings is 1. The predicted molar refractivity (Wildman–Crippen MR) is 92.8 cm³/mol. The number of anilines is 1. The molecule has 5 nitrogen and oxygen atoms in total. The van der Waals surface area contributed by atoms with Gasteiger partial charge in [0.1, 0.15) is 0 Å². The van der Waals surface area contributed by atoms with Crippen LogP contribution in [-0.2, 0) is 0 Å². The zero-order valence-electron chi connectivity index (χ0n) is 12.6. The summed E-state index contributed by atoms with van der Waals surface area (Å²) >= 11 is 1.40. The summed E-state index contributed by atoms with van der Waals surface area (Å²) in [7, 11) is 0. The normalized spacial score (nSPS) is 12.1. The molecule has 1 heterocycles. The molecule has 2 amide bonds. The lowest BCUT2D eigenvalue weighted by atomic mass is 10.0. The molecule has 118 valence electrons. The fourth-order valence-electron chi connectivity index (χ4n) is 2.28. The molecule has 0 saturated heterocycles. The Kier molecular flexibility index (Phi) is 4.55. The molecule has 1 aromatic heterocycles. The molecule has 23 heavy (non-hydrogen) atoms. The van der Waals surface area contributed by atoms with E-state index in [9.17, 15) is 9.90 Å². The van der Waals surface area contributed by atoms with E-state index >= 15 is 0 Å². The van der Waals surface area contributed by atoms with Gasteiger partial charge >= 0.3 is 6.03 Å². The van der Waals surface area contributed by atoms with Gasteiger partial charge < -0.3 is 10.4 Å². The van der Waals surface area contributed by atoms with E-state index in [1.54, 1.807) is 6.20 Å². The third-order valence-electron chi connectivity index (χ3n) is 3.46. The van der Waals surface area contributed by atoms with Crippen LogP contribution >= 0.6 is 11.3 Å². The third kappa shape index (κ3) is 3.85. The van der Waals surface area contributed by atoms with Crippen molar-refractivity contribution in [2.24, 2.45) is 0 Å². The maximum absolute atomic E-state index is 11.8. The largest absolute Gasteiger partial charge is 0.387 e. The standard InChI is InChI=1S/C17H17N3O2S/c1-11-9-19-17(23-11)20-16(22)18-10-15(21)14-7-6-12-4-2-3-5-13(12)8-14/h2-9,15,21H,10H2,1H3,(H2,18,19,20,22). The number of nitrogens with one attached hydrogen (secondary N) is 2. The van der Waals surface area contributed by atoms with Crippen LogP contribution in [0, 0.1) is 6.92 Å². The van der Waals surface area contributed by atoms with Crippen molar-refractivity contribution in [3.8, 4) is 0 Å². The second kappa shape index (κ2) is 6.76.